The average molecular weight is 856 g/mol. The number of fused-ring (bicyclic) bond motifs is 14. The number of rotatable bonds is 5. The molecule has 0 aliphatic carbocycles. The van der Waals surface area contributed by atoms with E-state index in [4.69, 9.17) is 8.83 Å². The molecule has 5 aromatic heterocycles. The van der Waals surface area contributed by atoms with Crippen molar-refractivity contribution in [2.75, 3.05) is 0 Å². The Morgan fingerprint density at radius 3 is 1.39 bits per heavy atom. The van der Waals surface area contributed by atoms with Gasteiger partial charge < -0.3 is 18.0 Å². The van der Waals surface area contributed by atoms with E-state index in [0.29, 0.717) is 0 Å². The lowest BCUT2D eigenvalue weighted by molar-refractivity contribution is 0.645. The van der Waals surface area contributed by atoms with Gasteiger partial charge in [-0.15, -0.1) is 0 Å². The van der Waals surface area contributed by atoms with Crippen LogP contribution >= 0.6 is 0 Å². The first-order chi connectivity index (χ1) is 33.2. The van der Waals surface area contributed by atoms with Gasteiger partial charge in [-0.25, -0.2) is 0 Å². The number of furan rings is 2. The first-order valence-electron chi connectivity index (χ1n) is 22.8. The Balaban J connectivity index is 0.817. The molecule has 5 nitrogen and oxygen atoms in total. The first kappa shape index (κ1) is 36.3. The van der Waals surface area contributed by atoms with Crippen LogP contribution < -0.4 is 0 Å². The standard InChI is InChI=1S/C62H37N3O2/c1-2-12-42(13-3-1)65-55-20-10-6-17-48(55)61-52-36-39(26-32-60(52)67-62(61)65)38-22-27-43(28-23-38)63-53-18-8-4-14-45(53)49-34-40(24-30-56(49)63)41-25-31-57-50(35-41)46-15-5-9-19-54(46)64(57)44-29-33-59-51(37-44)47-16-7-11-21-58(47)66-59/h1-37H. The van der Waals surface area contributed by atoms with E-state index in [1.165, 1.54) is 60.1 Å². The largest absolute Gasteiger partial charge is 0.456 e. The molecule has 0 atom stereocenters. The number of benzene rings is 10. The van der Waals surface area contributed by atoms with Crippen molar-refractivity contribution in [1.82, 2.24) is 13.7 Å². The molecule has 0 amide bonds. The van der Waals surface area contributed by atoms with E-state index in [-0.39, 0.29) is 0 Å². The van der Waals surface area contributed by atoms with Crippen LogP contribution in [0.15, 0.2) is 233 Å². The van der Waals surface area contributed by atoms with Gasteiger partial charge in [0.05, 0.1) is 33.0 Å². The minimum absolute atomic E-state index is 0.867. The topological polar surface area (TPSA) is 41.1 Å². The molecule has 0 aliphatic rings. The molecule has 0 unspecified atom stereocenters. The lowest BCUT2D eigenvalue weighted by Crippen LogP contribution is -1.94. The zero-order chi connectivity index (χ0) is 43.7. The minimum atomic E-state index is 0.867. The maximum absolute atomic E-state index is 6.63. The van der Waals surface area contributed by atoms with Crippen LogP contribution in [0.1, 0.15) is 0 Å². The molecule has 10 aromatic carbocycles. The number of hydrogen-bond donors (Lipinski definition) is 0. The first-order valence-corrected chi connectivity index (χ1v) is 22.8. The molecule has 67 heavy (non-hydrogen) atoms. The van der Waals surface area contributed by atoms with Crippen LogP contribution in [0.5, 0.6) is 0 Å². The van der Waals surface area contributed by atoms with Crippen LogP contribution in [-0.2, 0) is 0 Å². The van der Waals surface area contributed by atoms with Gasteiger partial charge >= 0.3 is 0 Å². The number of nitrogens with zero attached hydrogens (tertiary/aromatic N) is 3. The van der Waals surface area contributed by atoms with Gasteiger partial charge in [-0.1, -0.05) is 121 Å². The van der Waals surface area contributed by atoms with E-state index in [1.807, 2.05) is 12.1 Å². The van der Waals surface area contributed by atoms with Crippen LogP contribution in [0.3, 0.4) is 0 Å². The van der Waals surface area contributed by atoms with Crippen LogP contribution in [0.2, 0.25) is 0 Å². The highest BCUT2D eigenvalue weighted by Gasteiger charge is 2.21. The molecule has 0 fully saturated rings. The van der Waals surface area contributed by atoms with Crippen molar-refractivity contribution in [3.63, 3.8) is 0 Å². The van der Waals surface area contributed by atoms with E-state index in [2.05, 4.69) is 226 Å². The van der Waals surface area contributed by atoms with Crippen molar-refractivity contribution in [3.05, 3.63) is 224 Å². The monoisotopic (exact) mass is 855 g/mol. The molecule has 0 N–H and O–H groups in total. The summed E-state index contributed by atoms with van der Waals surface area (Å²) in [4.78, 5) is 0. The Kier molecular flexibility index (Phi) is 7.44. The quantitative estimate of drug-likeness (QED) is 0.173. The molecule has 15 rings (SSSR count). The zero-order valence-corrected chi connectivity index (χ0v) is 36.0. The Morgan fingerprint density at radius 1 is 0.239 bits per heavy atom. The minimum Gasteiger partial charge on any atom is -0.456 e. The SMILES string of the molecule is c1ccc(-n2c3ccccc3c3c4cc(-c5ccc(-n6c7ccccc7c7cc(-c8ccc9c(c8)c8ccccc8n9-c8ccc9oc%10ccccc%10c9c8)ccc76)cc5)ccc4oc32)cc1. The Labute approximate surface area is 383 Å². The molecule has 0 aliphatic heterocycles. The van der Waals surface area contributed by atoms with Gasteiger partial charge in [0.2, 0.25) is 5.71 Å². The Morgan fingerprint density at radius 2 is 0.687 bits per heavy atom. The van der Waals surface area contributed by atoms with E-state index < -0.39 is 0 Å². The number of para-hydroxylation sites is 5. The second-order valence-corrected chi connectivity index (χ2v) is 17.7. The third kappa shape index (κ3) is 5.25. The highest BCUT2D eigenvalue weighted by molar-refractivity contribution is 6.20. The summed E-state index contributed by atoms with van der Waals surface area (Å²) < 4.78 is 19.8. The van der Waals surface area contributed by atoms with Gasteiger partial charge in [-0.05, 0) is 125 Å². The normalized spacial score (nSPS) is 12.2. The van der Waals surface area contributed by atoms with Crippen LogP contribution in [0.4, 0.5) is 0 Å². The smallest absolute Gasteiger partial charge is 0.213 e. The van der Waals surface area contributed by atoms with E-state index in [9.17, 15) is 0 Å². The second-order valence-electron chi connectivity index (χ2n) is 17.7. The lowest BCUT2D eigenvalue weighted by atomic mass is 10.0. The fourth-order valence-electron chi connectivity index (χ4n) is 11.0. The highest BCUT2D eigenvalue weighted by atomic mass is 16.3. The number of aromatic nitrogens is 3. The molecule has 0 saturated carbocycles. The van der Waals surface area contributed by atoms with Gasteiger partial charge in [0.1, 0.15) is 16.7 Å². The second kappa shape index (κ2) is 13.7. The molecule has 0 bridgehead atoms. The summed E-state index contributed by atoms with van der Waals surface area (Å²) in [6.45, 7) is 0. The van der Waals surface area contributed by atoms with Crippen molar-refractivity contribution in [3.8, 4) is 39.3 Å². The van der Waals surface area contributed by atoms with Gasteiger partial charge in [0.15, 0.2) is 0 Å². The molecular formula is C62H37N3O2. The summed E-state index contributed by atoms with van der Waals surface area (Å²) in [6.07, 6.45) is 0. The Hall–Kier alpha value is -9.06. The molecule has 15 aromatic rings. The average Bonchev–Trinajstić information content (AvgIpc) is 4.19. The van der Waals surface area contributed by atoms with Crippen LogP contribution in [0.25, 0.3) is 138 Å². The highest BCUT2D eigenvalue weighted by Crippen LogP contribution is 2.42. The molecule has 312 valence electrons. The third-order valence-electron chi connectivity index (χ3n) is 14.1. The summed E-state index contributed by atoms with van der Waals surface area (Å²) in [5.74, 6) is 0. The van der Waals surface area contributed by atoms with Gasteiger partial charge in [0, 0.05) is 60.2 Å². The summed E-state index contributed by atoms with van der Waals surface area (Å²) in [5, 5.41) is 10.6. The molecule has 0 radical (unpaired) electrons. The van der Waals surface area contributed by atoms with Crippen molar-refractivity contribution >= 4 is 98.5 Å². The zero-order valence-electron chi connectivity index (χ0n) is 36.0. The van der Waals surface area contributed by atoms with Gasteiger partial charge in [-0.3, -0.25) is 4.57 Å². The predicted molar refractivity (Wildman–Crippen MR) is 277 cm³/mol. The molecule has 5 heteroatoms. The van der Waals surface area contributed by atoms with Crippen molar-refractivity contribution in [2.24, 2.45) is 0 Å². The van der Waals surface area contributed by atoms with E-state index >= 15 is 0 Å². The Bertz CT molecular complexity index is 4500. The third-order valence-corrected chi connectivity index (χ3v) is 14.1. The van der Waals surface area contributed by atoms with Crippen LogP contribution in [-0.4, -0.2) is 13.7 Å². The molecule has 0 saturated heterocycles. The van der Waals surface area contributed by atoms with Crippen molar-refractivity contribution < 1.29 is 8.83 Å². The van der Waals surface area contributed by atoms with Crippen molar-refractivity contribution in [2.45, 2.75) is 0 Å². The summed E-state index contributed by atoms with van der Waals surface area (Å²) in [7, 11) is 0. The van der Waals surface area contributed by atoms with Gasteiger partial charge in [-0.2, -0.15) is 0 Å². The predicted octanol–water partition coefficient (Wildman–Crippen LogP) is 17.0. The van der Waals surface area contributed by atoms with Gasteiger partial charge in [0.25, 0.3) is 0 Å². The summed E-state index contributed by atoms with van der Waals surface area (Å²) >= 11 is 0. The molecular weight excluding hydrogens is 819 g/mol. The lowest BCUT2D eigenvalue weighted by Gasteiger charge is -2.10. The molecule has 0 spiro atoms. The maximum atomic E-state index is 6.63. The van der Waals surface area contributed by atoms with E-state index in [1.54, 1.807) is 0 Å². The fraction of sp³-hybridized carbons (Fsp3) is 0. The maximum Gasteiger partial charge on any atom is 0.213 e. The summed E-state index contributed by atoms with van der Waals surface area (Å²) in [5.41, 5.74) is 17.4. The van der Waals surface area contributed by atoms with Crippen LogP contribution in [0, 0.1) is 0 Å². The van der Waals surface area contributed by atoms with Crippen molar-refractivity contribution in [1.29, 1.82) is 0 Å². The van der Waals surface area contributed by atoms with E-state index in [0.717, 1.165) is 77.7 Å². The number of hydrogen-bond acceptors (Lipinski definition) is 2. The fourth-order valence-corrected chi connectivity index (χ4v) is 11.0. The molecule has 5 heterocycles. The summed E-state index contributed by atoms with van der Waals surface area (Å²) in [6, 6.07) is 80.8.